The molecule has 1 heterocycles. The van der Waals surface area contributed by atoms with Gasteiger partial charge in [0, 0.05) is 0 Å². The second-order valence-corrected chi connectivity index (χ2v) is 4.64. The molecule has 0 aliphatic carbocycles. The third-order valence-electron chi connectivity index (χ3n) is 2.71. The van der Waals surface area contributed by atoms with Crippen LogP contribution >= 0.6 is 11.8 Å². The third kappa shape index (κ3) is 1.72. The van der Waals surface area contributed by atoms with Crippen LogP contribution in [0.25, 0.3) is 0 Å². The summed E-state index contributed by atoms with van der Waals surface area (Å²) in [5.41, 5.74) is 1.07. The molecule has 1 aromatic carbocycles. The Morgan fingerprint density at radius 1 is 1.38 bits per heavy atom. The molecule has 0 amide bonds. The van der Waals surface area contributed by atoms with Gasteiger partial charge in [-0.15, -0.1) is 11.8 Å². The summed E-state index contributed by atoms with van der Waals surface area (Å²) in [4.78, 5) is 1.06. The van der Waals surface area contributed by atoms with Crippen LogP contribution in [-0.2, 0) is 0 Å². The molecule has 1 aromatic rings. The van der Waals surface area contributed by atoms with E-state index in [0.717, 1.165) is 34.1 Å². The first-order valence-electron chi connectivity index (χ1n) is 5.09. The molecule has 1 aliphatic heterocycles. The van der Waals surface area contributed by atoms with Gasteiger partial charge in [-0.3, -0.25) is 0 Å². The molecule has 84 valence electrons. The van der Waals surface area contributed by atoms with Crippen LogP contribution in [0.1, 0.15) is 17.9 Å². The normalized spacial score (nSPS) is 18.4. The van der Waals surface area contributed by atoms with Gasteiger partial charge in [-0.25, -0.2) is 0 Å². The summed E-state index contributed by atoms with van der Waals surface area (Å²) < 4.78 is 10.6. The van der Waals surface area contributed by atoms with E-state index >= 15 is 0 Å². The summed E-state index contributed by atoms with van der Waals surface area (Å²) in [5.74, 6) is 2.42. The van der Waals surface area contributed by atoms with Gasteiger partial charge >= 0.3 is 0 Å². The Balaban J connectivity index is 2.55. The molecule has 0 bridgehead atoms. The van der Waals surface area contributed by atoms with Gasteiger partial charge in [-0.1, -0.05) is 6.07 Å². The van der Waals surface area contributed by atoms with Crippen molar-refractivity contribution in [1.29, 1.82) is 5.26 Å². The number of thioether (sulfide) groups is 1. The minimum Gasteiger partial charge on any atom is -0.493 e. The molecule has 0 spiro atoms. The number of nitriles is 1. The Morgan fingerprint density at radius 3 is 2.81 bits per heavy atom. The quantitative estimate of drug-likeness (QED) is 0.790. The summed E-state index contributed by atoms with van der Waals surface area (Å²) in [6.45, 7) is 0. The highest BCUT2D eigenvalue weighted by Crippen LogP contribution is 2.46. The Hall–Kier alpha value is -1.34. The molecule has 16 heavy (non-hydrogen) atoms. The molecule has 0 saturated heterocycles. The van der Waals surface area contributed by atoms with Gasteiger partial charge in [0.05, 0.1) is 31.1 Å². The molecular weight excluding hydrogens is 222 g/mol. The molecule has 1 unspecified atom stereocenters. The van der Waals surface area contributed by atoms with Crippen molar-refractivity contribution in [2.75, 3.05) is 20.0 Å². The molecule has 0 radical (unpaired) electrons. The van der Waals surface area contributed by atoms with E-state index in [4.69, 9.17) is 14.7 Å². The fraction of sp³-hybridized carbons (Fsp3) is 0.417. The predicted octanol–water partition coefficient (Wildman–Crippen LogP) is 2.81. The van der Waals surface area contributed by atoms with Gasteiger partial charge < -0.3 is 9.47 Å². The largest absolute Gasteiger partial charge is 0.493 e. The van der Waals surface area contributed by atoms with Crippen molar-refractivity contribution in [1.82, 2.24) is 0 Å². The van der Waals surface area contributed by atoms with Crippen LogP contribution in [0.2, 0.25) is 0 Å². The van der Waals surface area contributed by atoms with Crippen LogP contribution in [0.5, 0.6) is 11.5 Å². The predicted molar refractivity (Wildman–Crippen MR) is 63.2 cm³/mol. The number of nitrogens with zero attached hydrogens (tertiary/aromatic N) is 1. The second kappa shape index (κ2) is 4.67. The maximum Gasteiger partial charge on any atom is 0.174 e. The molecule has 0 aromatic heterocycles. The van der Waals surface area contributed by atoms with Gasteiger partial charge in [0.15, 0.2) is 11.5 Å². The van der Waals surface area contributed by atoms with Crippen molar-refractivity contribution in [3.63, 3.8) is 0 Å². The maximum absolute atomic E-state index is 9.10. The van der Waals surface area contributed by atoms with Crippen molar-refractivity contribution in [3.8, 4) is 17.6 Å². The Morgan fingerprint density at radius 2 is 2.19 bits per heavy atom. The minimum atomic E-state index is -0.0175. The average molecular weight is 235 g/mol. The van der Waals surface area contributed by atoms with Crippen molar-refractivity contribution >= 4 is 11.8 Å². The Kier molecular flexibility index (Phi) is 3.25. The van der Waals surface area contributed by atoms with Crippen molar-refractivity contribution in [2.45, 2.75) is 17.2 Å². The number of benzene rings is 1. The Bertz CT molecular complexity index is 439. The highest BCUT2D eigenvalue weighted by Gasteiger charge is 2.25. The van der Waals surface area contributed by atoms with E-state index in [1.165, 1.54) is 0 Å². The molecule has 2 rings (SSSR count). The van der Waals surface area contributed by atoms with Crippen molar-refractivity contribution in [3.05, 3.63) is 17.7 Å². The number of ether oxygens (including phenoxy) is 2. The van der Waals surface area contributed by atoms with Crippen molar-refractivity contribution < 1.29 is 9.47 Å². The van der Waals surface area contributed by atoms with Crippen LogP contribution < -0.4 is 9.47 Å². The first kappa shape index (κ1) is 11.2. The molecule has 3 nitrogen and oxygen atoms in total. The summed E-state index contributed by atoms with van der Waals surface area (Å²) in [7, 11) is 3.26. The second-order valence-electron chi connectivity index (χ2n) is 3.54. The smallest absolute Gasteiger partial charge is 0.174 e. The van der Waals surface area contributed by atoms with E-state index in [0.29, 0.717) is 0 Å². The molecule has 1 atom stereocenters. The summed E-state index contributed by atoms with van der Waals surface area (Å²) in [5, 5.41) is 9.10. The van der Waals surface area contributed by atoms with Crippen LogP contribution in [-0.4, -0.2) is 20.0 Å². The number of hydrogen-bond donors (Lipinski definition) is 0. The topological polar surface area (TPSA) is 42.2 Å². The fourth-order valence-electron chi connectivity index (χ4n) is 1.91. The highest BCUT2D eigenvalue weighted by atomic mass is 32.2. The fourth-order valence-corrected chi connectivity index (χ4v) is 3.16. The first-order valence-corrected chi connectivity index (χ1v) is 6.07. The van der Waals surface area contributed by atoms with Gasteiger partial charge in [0.25, 0.3) is 0 Å². The summed E-state index contributed by atoms with van der Waals surface area (Å²) in [6.07, 6.45) is 0.906. The number of rotatable bonds is 2. The zero-order valence-electron chi connectivity index (χ0n) is 9.32. The third-order valence-corrected chi connectivity index (χ3v) is 3.86. The van der Waals surface area contributed by atoms with Gasteiger partial charge in [-0.2, -0.15) is 5.26 Å². The van der Waals surface area contributed by atoms with E-state index in [1.54, 1.807) is 26.0 Å². The lowest BCUT2D eigenvalue weighted by molar-refractivity contribution is 0.346. The zero-order valence-corrected chi connectivity index (χ0v) is 10.1. The lowest BCUT2D eigenvalue weighted by Gasteiger charge is -2.23. The van der Waals surface area contributed by atoms with E-state index in [-0.39, 0.29) is 5.92 Å². The maximum atomic E-state index is 9.10. The lowest BCUT2D eigenvalue weighted by atomic mass is 9.97. The van der Waals surface area contributed by atoms with Crippen LogP contribution in [0.15, 0.2) is 17.0 Å². The standard InChI is InChI=1S/C12H13NO2S/c1-14-10-4-3-9-8(7-13)5-6-16-12(9)11(10)15-2/h3-4,8H,5-6H2,1-2H3. The SMILES string of the molecule is COc1ccc2c(c1OC)SCCC2C#N. The summed E-state index contributed by atoms with van der Waals surface area (Å²) in [6, 6.07) is 6.18. The number of methoxy groups -OCH3 is 2. The molecule has 0 saturated carbocycles. The van der Waals surface area contributed by atoms with E-state index in [2.05, 4.69) is 6.07 Å². The van der Waals surface area contributed by atoms with E-state index in [1.807, 2.05) is 12.1 Å². The lowest BCUT2D eigenvalue weighted by Crippen LogP contribution is -2.07. The van der Waals surface area contributed by atoms with E-state index in [9.17, 15) is 0 Å². The van der Waals surface area contributed by atoms with E-state index < -0.39 is 0 Å². The van der Waals surface area contributed by atoms with Gasteiger partial charge in [0.2, 0.25) is 0 Å². The van der Waals surface area contributed by atoms with Crippen LogP contribution in [0, 0.1) is 11.3 Å². The van der Waals surface area contributed by atoms with Crippen LogP contribution in [0.3, 0.4) is 0 Å². The average Bonchev–Trinajstić information content (AvgIpc) is 2.36. The number of hydrogen-bond acceptors (Lipinski definition) is 4. The van der Waals surface area contributed by atoms with Gasteiger partial charge in [0.1, 0.15) is 0 Å². The first-order chi connectivity index (χ1) is 7.81. The number of fused-ring (bicyclic) bond motifs is 1. The molecule has 1 aliphatic rings. The Labute approximate surface area is 99.4 Å². The summed E-state index contributed by atoms with van der Waals surface area (Å²) >= 11 is 1.73. The molecule has 0 fully saturated rings. The van der Waals surface area contributed by atoms with Crippen molar-refractivity contribution in [2.24, 2.45) is 0 Å². The molecular formula is C12H13NO2S. The monoisotopic (exact) mass is 235 g/mol. The highest BCUT2D eigenvalue weighted by molar-refractivity contribution is 7.99. The van der Waals surface area contributed by atoms with Gasteiger partial charge in [-0.05, 0) is 23.8 Å². The zero-order chi connectivity index (χ0) is 11.5. The minimum absolute atomic E-state index is 0.0175. The van der Waals surface area contributed by atoms with Crippen LogP contribution in [0.4, 0.5) is 0 Å². The molecule has 4 heteroatoms. The molecule has 0 N–H and O–H groups in total.